The molecule has 1 amide bonds. The van der Waals surface area contributed by atoms with Gasteiger partial charge in [-0.2, -0.15) is 0 Å². The topological polar surface area (TPSA) is 89.0 Å². The molecule has 0 saturated carbocycles. The molecule has 1 aromatic carbocycles. The number of benzene rings is 1. The lowest BCUT2D eigenvalue weighted by Crippen LogP contribution is -2.07. The maximum Gasteiger partial charge on any atom is 0.250 e. The van der Waals surface area contributed by atoms with Crippen LogP contribution in [0, 0.1) is 0 Å². The van der Waals surface area contributed by atoms with E-state index in [0.717, 1.165) is 6.26 Å². The Morgan fingerprint density at radius 1 is 1.35 bits per heavy atom. The summed E-state index contributed by atoms with van der Waals surface area (Å²) in [7, 11) is -3.27. The second-order valence-electron chi connectivity index (χ2n) is 4.66. The normalized spacial score (nSPS) is 12.0. The molecule has 23 heavy (non-hydrogen) atoms. The number of nitrogens with zero attached hydrogens (tertiary/aromatic N) is 2. The van der Waals surface area contributed by atoms with Crippen LogP contribution in [-0.2, 0) is 14.6 Å². The van der Waals surface area contributed by atoms with E-state index in [0.29, 0.717) is 21.0 Å². The Morgan fingerprint density at radius 3 is 2.87 bits per heavy atom. The SMILES string of the molecule is CS(=O)(=O)c1ccc2nc(NC(=O)/C=C/c3cscn3)sc2c1. The Kier molecular flexibility index (Phi) is 4.24. The van der Waals surface area contributed by atoms with E-state index in [1.54, 1.807) is 23.7 Å². The number of fused-ring (bicyclic) bond motifs is 1. The molecular weight excluding hydrogens is 354 g/mol. The first kappa shape index (κ1) is 15.8. The van der Waals surface area contributed by atoms with Gasteiger partial charge in [0, 0.05) is 17.7 Å². The van der Waals surface area contributed by atoms with E-state index in [1.807, 2.05) is 5.38 Å². The number of thiazole rings is 2. The van der Waals surface area contributed by atoms with Crippen molar-refractivity contribution in [1.29, 1.82) is 0 Å². The molecule has 0 atom stereocenters. The van der Waals surface area contributed by atoms with Gasteiger partial charge in [-0.15, -0.1) is 11.3 Å². The number of amides is 1. The van der Waals surface area contributed by atoms with Crippen LogP contribution in [0.3, 0.4) is 0 Å². The van der Waals surface area contributed by atoms with E-state index < -0.39 is 9.84 Å². The maximum atomic E-state index is 11.9. The molecule has 0 aliphatic rings. The first-order valence-corrected chi connectivity index (χ1v) is 10.0. The van der Waals surface area contributed by atoms with E-state index in [9.17, 15) is 13.2 Å². The third-order valence-corrected chi connectivity index (χ3v) is 5.52. The fourth-order valence-electron chi connectivity index (χ4n) is 1.80. The number of hydrogen-bond acceptors (Lipinski definition) is 7. The summed E-state index contributed by atoms with van der Waals surface area (Å²) < 4.78 is 23.8. The summed E-state index contributed by atoms with van der Waals surface area (Å²) in [5.74, 6) is -0.319. The highest BCUT2D eigenvalue weighted by Gasteiger charge is 2.11. The van der Waals surface area contributed by atoms with Gasteiger partial charge in [-0.3, -0.25) is 10.1 Å². The lowest BCUT2D eigenvalue weighted by atomic mass is 10.3. The third-order valence-electron chi connectivity index (χ3n) is 2.88. The molecule has 0 fully saturated rings. The third kappa shape index (κ3) is 3.81. The summed E-state index contributed by atoms with van der Waals surface area (Å²) in [5, 5.41) is 4.90. The summed E-state index contributed by atoms with van der Waals surface area (Å²) in [6, 6.07) is 4.69. The Bertz CT molecular complexity index is 989. The second-order valence-corrected chi connectivity index (χ2v) is 8.42. The van der Waals surface area contributed by atoms with Crippen LogP contribution in [0.15, 0.2) is 40.1 Å². The van der Waals surface area contributed by atoms with E-state index in [4.69, 9.17) is 0 Å². The number of nitrogens with one attached hydrogen (secondary N) is 1. The molecule has 2 aromatic heterocycles. The van der Waals surface area contributed by atoms with Crippen molar-refractivity contribution in [1.82, 2.24) is 9.97 Å². The van der Waals surface area contributed by atoms with Crippen LogP contribution >= 0.6 is 22.7 Å². The standard InChI is InChI=1S/C14H11N3O3S3/c1-23(19,20)10-3-4-11-12(6-10)22-14(16-11)17-13(18)5-2-9-7-21-8-15-9/h2-8H,1H3,(H,16,17,18)/b5-2+. The smallest absolute Gasteiger partial charge is 0.250 e. The Balaban J connectivity index is 1.79. The minimum Gasteiger partial charge on any atom is -0.298 e. The molecule has 118 valence electrons. The highest BCUT2D eigenvalue weighted by Crippen LogP contribution is 2.28. The van der Waals surface area contributed by atoms with Gasteiger partial charge >= 0.3 is 0 Å². The lowest BCUT2D eigenvalue weighted by molar-refractivity contribution is -0.111. The quantitative estimate of drug-likeness (QED) is 0.718. The van der Waals surface area contributed by atoms with Gasteiger partial charge < -0.3 is 0 Å². The monoisotopic (exact) mass is 365 g/mol. The van der Waals surface area contributed by atoms with Crippen molar-refractivity contribution in [3.05, 3.63) is 40.9 Å². The Hall–Kier alpha value is -2.10. The number of sulfone groups is 1. The predicted molar refractivity (Wildman–Crippen MR) is 92.5 cm³/mol. The number of anilines is 1. The average molecular weight is 365 g/mol. The van der Waals surface area contributed by atoms with Crippen molar-refractivity contribution in [3.63, 3.8) is 0 Å². The van der Waals surface area contributed by atoms with Crippen LogP contribution in [-0.4, -0.2) is 30.5 Å². The second kappa shape index (κ2) is 6.19. The van der Waals surface area contributed by atoms with Gasteiger partial charge in [0.2, 0.25) is 5.91 Å². The first-order valence-electron chi connectivity index (χ1n) is 6.40. The van der Waals surface area contributed by atoms with Crippen LogP contribution in [0.5, 0.6) is 0 Å². The molecule has 0 bridgehead atoms. The van der Waals surface area contributed by atoms with Gasteiger partial charge in [-0.25, -0.2) is 18.4 Å². The number of carbonyl (C=O) groups excluding carboxylic acids is 1. The zero-order valence-electron chi connectivity index (χ0n) is 11.9. The molecule has 0 saturated heterocycles. The molecule has 0 unspecified atom stereocenters. The predicted octanol–water partition coefficient (Wildman–Crippen LogP) is 2.81. The van der Waals surface area contributed by atoms with Gasteiger partial charge in [-0.1, -0.05) is 11.3 Å². The van der Waals surface area contributed by atoms with Crippen molar-refractivity contribution >= 4 is 59.8 Å². The molecule has 0 aliphatic heterocycles. The summed E-state index contributed by atoms with van der Waals surface area (Å²) in [4.78, 5) is 20.4. The number of hydrogen-bond donors (Lipinski definition) is 1. The molecule has 6 nitrogen and oxygen atoms in total. The van der Waals surface area contributed by atoms with Crippen LogP contribution in [0.1, 0.15) is 5.69 Å². The van der Waals surface area contributed by atoms with Crippen molar-refractivity contribution in [2.45, 2.75) is 4.90 Å². The van der Waals surface area contributed by atoms with E-state index >= 15 is 0 Å². The fourth-order valence-corrected chi connectivity index (χ4v) is 3.95. The van der Waals surface area contributed by atoms with Crippen molar-refractivity contribution in [3.8, 4) is 0 Å². The van der Waals surface area contributed by atoms with E-state index in [2.05, 4.69) is 15.3 Å². The molecular formula is C14H11N3O3S3. The highest BCUT2D eigenvalue weighted by atomic mass is 32.2. The van der Waals surface area contributed by atoms with Crippen molar-refractivity contribution in [2.75, 3.05) is 11.6 Å². The largest absolute Gasteiger partial charge is 0.298 e. The molecule has 0 aliphatic carbocycles. The number of aromatic nitrogens is 2. The van der Waals surface area contributed by atoms with E-state index in [-0.39, 0.29) is 10.8 Å². The summed E-state index contributed by atoms with van der Waals surface area (Å²) in [6.07, 6.45) is 4.14. The summed E-state index contributed by atoms with van der Waals surface area (Å²) >= 11 is 2.67. The van der Waals surface area contributed by atoms with Crippen LogP contribution in [0.25, 0.3) is 16.3 Å². The van der Waals surface area contributed by atoms with Gasteiger partial charge in [0.05, 0.1) is 26.3 Å². The Morgan fingerprint density at radius 2 is 2.17 bits per heavy atom. The molecule has 0 spiro atoms. The molecule has 0 radical (unpaired) electrons. The molecule has 3 aromatic rings. The zero-order valence-corrected chi connectivity index (χ0v) is 14.3. The molecule has 1 N–H and O–H groups in total. The molecule has 3 rings (SSSR count). The minimum absolute atomic E-state index is 0.231. The minimum atomic E-state index is -3.27. The summed E-state index contributed by atoms with van der Waals surface area (Å²) in [6.45, 7) is 0. The highest BCUT2D eigenvalue weighted by molar-refractivity contribution is 7.90. The lowest BCUT2D eigenvalue weighted by Gasteiger charge is -1.96. The van der Waals surface area contributed by atoms with Crippen LogP contribution < -0.4 is 5.32 Å². The van der Waals surface area contributed by atoms with E-state index in [1.165, 1.54) is 34.8 Å². The first-order chi connectivity index (χ1) is 10.9. The van der Waals surface area contributed by atoms with Crippen LogP contribution in [0.4, 0.5) is 5.13 Å². The summed E-state index contributed by atoms with van der Waals surface area (Å²) in [5.41, 5.74) is 3.04. The fraction of sp³-hybridized carbons (Fsp3) is 0.0714. The maximum absolute atomic E-state index is 11.9. The Labute approximate surface area is 140 Å². The van der Waals surface area contributed by atoms with Crippen molar-refractivity contribution in [2.24, 2.45) is 0 Å². The molecule has 9 heteroatoms. The molecule has 2 heterocycles. The van der Waals surface area contributed by atoms with Gasteiger partial charge in [0.15, 0.2) is 15.0 Å². The van der Waals surface area contributed by atoms with Crippen LogP contribution in [0.2, 0.25) is 0 Å². The van der Waals surface area contributed by atoms with Crippen molar-refractivity contribution < 1.29 is 13.2 Å². The van der Waals surface area contributed by atoms with Gasteiger partial charge in [0.25, 0.3) is 0 Å². The average Bonchev–Trinajstić information content (AvgIpc) is 3.12. The van der Waals surface area contributed by atoms with Gasteiger partial charge in [-0.05, 0) is 24.3 Å². The number of rotatable bonds is 4. The number of carbonyl (C=O) groups is 1. The zero-order chi connectivity index (χ0) is 16.4. The van der Waals surface area contributed by atoms with Gasteiger partial charge in [0.1, 0.15) is 0 Å².